The summed E-state index contributed by atoms with van der Waals surface area (Å²) in [5, 5.41) is 6.93. The van der Waals surface area contributed by atoms with Crippen molar-refractivity contribution in [2.75, 3.05) is 7.05 Å². The zero-order valence-corrected chi connectivity index (χ0v) is 10.6. The van der Waals surface area contributed by atoms with Gasteiger partial charge in [0.25, 0.3) is 0 Å². The van der Waals surface area contributed by atoms with Gasteiger partial charge in [-0.15, -0.1) is 0 Å². The molecular weight excluding hydrogens is 210 g/mol. The summed E-state index contributed by atoms with van der Waals surface area (Å²) in [4.78, 5) is 5.88. The molecule has 90 valence electrons. The molecule has 2 rings (SSSR count). The van der Waals surface area contributed by atoms with E-state index in [0.29, 0.717) is 11.8 Å². The van der Waals surface area contributed by atoms with Crippen LogP contribution in [0.15, 0.2) is 40.1 Å². The summed E-state index contributed by atoms with van der Waals surface area (Å²) in [5.41, 5.74) is 4.30. The zero-order chi connectivity index (χ0) is 12.4. The van der Waals surface area contributed by atoms with Crippen LogP contribution in [-0.4, -0.2) is 24.6 Å². The minimum absolute atomic E-state index is 0.443. The van der Waals surface area contributed by atoms with Gasteiger partial charge in [-0.05, 0) is 12.0 Å². The lowest BCUT2D eigenvalue weighted by Gasteiger charge is -2.31. The third-order valence-electron chi connectivity index (χ3n) is 3.61. The molecule has 0 aromatic heterocycles. The summed E-state index contributed by atoms with van der Waals surface area (Å²) < 4.78 is 0. The second-order valence-electron chi connectivity index (χ2n) is 4.69. The van der Waals surface area contributed by atoms with Crippen molar-refractivity contribution in [2.45, 2.75) is 20.3 Å². The van der Waals surface area contributed by atoms with E-state index in [1.807, 2.05) is 11.9 Å². The lowest BCUT2D eigenvalue weighted by molar-refractivity contribution is 0.522. The Kier molecular flexibility index (Phi) is 3.27. The first kappa shape index (κ1) is 11.8. The first-order valence-electron chi connectivity index (χ1n) is 6.01. The number of nitrogens with one attached hydrogen (secondary N) is 1. The molecule has 0 saturated heterocycles. The smallest absolute Gasteiger partial charge is 0.108 e. The fraction of sp³-hybridized carbons (Fsp3) is 0.429. The van der Waals surface area contributed by atoms with Crippen molar-refractivity contribution >= 4 is 12.7 Å². The molecule has 3 nitrogen and oxygen atoms in total. The van der Waals surface area contributed by atoms with Crippen LogP contribution in [-0.2, 0) is 0 Å². The van der Waals surface area contributed by atoms with Crippen LogP contribution in [0.3, 0.4) is 0 Å². The van der Waals surface area contributed by atoms with E-state index in [-0.39, 0.29) is 0 Å². The van der Waals surface area contributed by atoms with Crippen molar-refractivity contribution in [1.82, 2.24) is 4.90 Å². The van der Waals surface area contributed by atoms with Crippen LogP contribution in [0.2, 0.25) is 0 Å². The van der Waals surface area contributed by atoms with E-state index in [0.717, 1.165) is 12.8 Å². The molecular formula is C14H19N3. The highest BCUT2D eigenvalue weighted by atomic mass is 15.1. The van der Waals surface area contributed by atoms with Gasteiger partial charge in [0, 0.05) is 24.6 Å². The predicted octanol–water partition coefficient (Wildman–Crippen LogP) is 2.98. The lowest BCUT2D eigenvalue weighted by atomic mass is 9.82. The highest BCUT2D eigenvalue weighted by molar-refractivity contribution is 5.70. The molecule has 2 atom stereocenters. The summed E-state index contributed by atoms with van der Waals surface area (Å²) >= 11 is 0. The van der Waals surface area contributed by atoms with Gasteiger partial charge in [-0.25, -0.2) is 4.99 Å². The number of hydrogen-bond donors (Lipinski definition) is 1. The van der Waals surface area contributed by atoms with Crippen molar-refractivity contribution in [3.63, 3.8) is 0 Å². The second kappa shape index (κ2) is 4.70. The van der Waals surface area contributed by atoms with Crippen molar-refractivity contribution in [3.05, 3.63) is 35.1 Å². The third-order valence-corrected chi connectivity index (χ3v) is 3.61. The molecule has 1 N–H and O–H groups in total. The molecule has 2 aliphatic rings. The highest BCUT2D eigenvalue weighted by Crippen LogP contribution is 2.39. The number of nitrogens with zero attached hydrogens (tertiary/aromatic N) is 2. The summed E-state index contributed by atoms with van der Waals surface area (Å²) in [5.74, 6) is 0.921. The third kappa shape index (κ3) is 2.09. The summed E-state index contributed by atoms with van der Waals surface area (Å²) in [6.45, 7) is 4.48. The lowest BCUT2D eigenvalue weighted by Crippen LogP contribution is -2.25. The molecule has 2 unspecified atom stereocenters. The van der Waals surface area contributed by atoms with Gasteiger partial charge in [-0.3, -0.25) is 5.41 Å². The predicted molar refractivity (Wildman–Crippen MR) is 72.2 cm³/mol. The molecule has 0 spiro atoms. The second-order valence-corrected chi connectivity index (χ2v) is 4.69. The molecule has 0 bridgehead atoms. The molecule has 3 heteroatoms. The fourth-order valence-electron chi connectivity index (χ4n) is 2.70. The Hall–Kier alpha value is -1.64. The van der Waals surface area contributed by atoms with Crippen LogP contribution < -0.4 is 0 Å². The van der Waals surface area contributed by atoms with E-state index >= 15 is 0 Å². The van der Waals surface area contributed by atoms with E-state index in [1.54, 1.807) is 6.34 Å². The highest BCUT2D eigenvalue weighted by Gasteiger charge is 2.27. The van der Waals surface area contributed by atoms with E-state index in [1.165, 1.54) is 16.8 Å². The Labute approximate surface area is 103 Å². The number of hydrogen-bond acceptors (Lipinski definition) is 1. The van der Waals surface area contributed by atoms with Crippen molar-refractivity contribution in [3.8, 4) is 0 Å². The monoisotopic (exact) mass is 229 g/mol. The molecule has 0 radical (unpaired) electrons. The number of rotatable bonds is 3. The molecule has 0 aliphatic heterocycles. The normalized spacial score (nSPS) is 27.4. The summed E-state index contributed by atoms with van der Waals surface area (Å²) in [6, 6.07) is 0. The zero-order valence-electron chi connectivity index (χ0n) is 10.6. The van der Waals surface area contributed by atoms with E-state index < -0.39 is 0 Å². The maximum absolute atomic E-state index is 6.93. The Morgan fingerprint density at radius 1 is 1.47 bits per heavy atom. The van der Waals surface area contributed by atoms with Crippen LogP contribution >= 0.6 is 0 Å². The Morgan fingerprint density at radius 3 is 2.94 bits per heavy atom. The van der Waals surface area contributed by atoms with E-state index in [4.69, 9.17) is 5.41 Å². The van der Waals surface area contributed by atoms with E-state index in [9.17, 15) is 0 Å². The summed E-state index contributed by atoms with van der Waals surface area (Å²) in [7, 11) is 2.00. The topological polar surface area (TPSA) is 39.5 Å². The Morgan fingerprint density at radius 2 is 2.24 bits per heavy atom. The first-order valence-corrected chi connectivity index (χ1v) is 6.01. The summed E-state index contributed by atoms with van der Waals surface area (Å²) in [6.07, 6.45) is 10.7. The maximum Gasteiger partial charge on any atom is 0.108 e. The minimum Gasteiger partial charge on any atom is -0.339 e. The van der Waals surface area contributed by atoms with Gasteiger partial charge in [0.15, 0.2) is 0 Å². The molecule has 0 aromatic carbocycles. The molecule has 0 fully saturated rings. The number of allylic oxidation sites excluding steroid dienone is 5. The van der Waals surface area contributed by atoms with E-state index in [2.05, 4.69) is 37.1 Å². The van der Waals surface area contributed by atoms with Gasteiger partial charge < -0.3 is 4.90 Å². The molecule has 17 heavy (non-hydrogen) atoms. The molecule has 0 heterocycles. The quantitative estimate of drug-likeness (QED) is 0.586. The van der Waals surface area contributed by atoms with Gasteiger partial charge in [-0.1, -0.05) is 37.6 Å². The standard InChI is InChI=1S/C14H19N3/c1-10-7-14(17(3)9-16-8-15)11(2)13-6-4-5-12(10)13/h4-5,7-11,15H,6H2,1-3H3/b15-8?,16-9-. The molecule has 2 aliphatic carbocycles. The Balaban J connectivity index is 2.24. The van der Waals surface area contributed by atoms with Gasteiger partial charge in [-0.2, -0.15) is 0 Å². The molecule has 0 aromatic rings. The van der Waals surface area contributed by atoms with Crippen molar-refractivity contribution in [2.24, 2.45) is 16.8 Å². The minimum atomic E-state index is 0.443. The SMILES string of the molecule is CC1C=C(N(C)/C=N\C=N)C(C)C2=C1C=CC2. The van der Waals surface area contributed by atoms with Gasteiger partial charge in [0.05, 0.1) is 6.34 Å². The molecule has 0 saturated carbocycles. The average molecular weight is 229 g/mol. The van der Waals surface area contributed by atoms with Crippen LogP contribution in [0.1, 0.15) is 20.3 Å². The number of aliphatic imine (C=N–C) groups is 1. The van der Waals surface area contributed by atoms with Gasteiger partial charge >= 0.3 is 0 Å². The maximum atomic E-state index is 6.93. The van der Waals surface area contributed by atoms with Crippen molar-refractivity contribution < 1.29 is 0 Å². The van der Waals surface area contributed by atoms with Gasteiger partial charge in [0.2, 0.25) is 0 Å². The van der Waals surface area contributed by atoms with Crippen LogP contribution in [0.5, 0.6) is 0 Å². The van der Waals surface area contributed by atoms with Crippen LogP contribution in [0.25, 0.3) is 0 Å². The van der Waals surface area contributed by atoms with Crippen LogP contribution in [0, 0.1) is 17.2 Å². The van der Waals surface area contributed by atoms with Gasteiger partial charge in [0.1, 0.15) is 6.34 Å². The fourth-order valence-corrected chi connectivity index (χ4v) is 2.70. The molecule has 0 amide bonds. The van der Waals surface area contributed by atoms with Crippen molar-refractivity contribution in [1.29, 1.82) is 5.41 Å². The Bertz CT molecular complexity index is 440. The first-order chi connectivity index (χ1) is 8.15. The largest absolute Gasteiger partial charge is 0.339 e. The van der Waals surface area contributed by atoms with Crippen LogP contribution in [0.4, 0.5) is 0 Å². The average Bonchev–Trinajstić information content (AvgIpc) is 2.80.